The molecule has 0 aliphatic rings. The summed E-state index contributed by atoms with van der Waals surface area (Å²) in [5.74, 6) is 2.82. The molecule has 0 rings (SSSR count). The Labute approximate surface area is 62.5 Å². The van der Waals surface area contributed by atoms with Crippen LogP contribution >= 0.6 is 23.5 Å². The molecule has 0 aliphatic carbocycles. The first-order valence-corrected chi connectivity index (χ1v) is 3.82. The maximum Gasteiger partial charge on any atom is 0.140 e. The van der Waals surface area contributed by atoms with Crippen LogP contribution in [0.5, 0.6) is 0 Å². The fraction of sp³-hybridized carbons (Fsp3) is 0.200. The lowest BCUT2D eigenvalue weighted by Crippen LogP contribution is -1.80. The number of hydrogen-bond donors (Lipinski definition) is 1. The lowest BCUT2D eigenvalue weighted by atomic mass is 10.8. The summed E-state index contributed by atoms with van der Waals surface area (Å²) in [7, 11) is 0. The third kappa shape index (κ3) is 5.29. The Kier molecular flexibility index (Phi) is 5.20. The minimum atomic E-state index is 0.260. The van der Waals surface area contributed by atoms with E-state index >= 15 is 0 Å². The number of thioether (sulfide) groups is 2. The van der Waals surface area contributed by atoms with Gasteiger partial charge in [0, 0.05) is 11.8 Å². The van der Waals surface area contributed by atoms with Crippen molar-refractivity contribution in [1.82, 2.24) is 0 Å². The van der Waals surface area contributed by atoms with E-state index in [9.17, 15) is 0 Å². The molecule has 0 spiro atoms. The highest BCUT2D eigenvalue weighted by atomic mass is 32.2. The third-order valence-electron chi connectivity index (χ3n) is 0.425. The van der Waals surface area contributed by atoms with Gasteiger partial charge in [0.1, 0.15) is 9.78 Å². The molecule has 0 aromatic carbocycles. The largest absolute Gasteiger partial charge is 0.287 e. The summed E-state index contributed by atoms with van der Waals surface area (Å²) in [6.07, 6.45) is 4.91. The molecule has 46 valence electrons. The molecule has 0 aromatic rings. The van der Waals surface area contributed by atoms with Gasteiger partial charge in [-0.05, 0) is 0 Å². The highest BCUT2D eigenvalue weighted by Crippen LogP contribution is 2.12. The zero-order valence-corrected chi connectivity index (χ0v) is 6.18. The van der Waals surface area contributed by atoms with Crippen molar-refractivity contribution < 1.29 is 0 Å². The van der Waals surface area contributed by atoms with Crippen LogP contribution in [0.4, 0.5) is 0 Å². The Morgan fingerprint density at radius 2 is 2.44 bits per heavy atom. The number of nitrogens with one attached hydrogen (secondary N) is 1. The smallest absolute Gasteiger partial charge is 0.140 e. The van der Waals surface area contributed by atoms with Gasteiger partial charge in [-0.1, -0.05) is 17.7 Å². The van der Waals surface area contributed by atoms with Crippen LogP contribution in [0.25, 0.3) is 0 Å². The van der Waals surface area contributed by atoms with E-state index in [1.165, 1.54) is 11.8 Å². The first-order chi connectivity index (χ1) is 4.31. The van der Waals surface area contributed by atoms with Crippen LogP contribution in [0.3, 0.4) is 0 Å². The van der Waals surface area contributed by atoms with Gasteiger partial charge < -0.3 is 0 Å². The van der Waals surface area contributed by atoms with Crippen molar-refractivity contribution in [3.63, 3.8) is 0 Å². The van der Waals surface area contributed by atoms with Crippen LogP contribution < -0.4 is 0 Å². The zero-order chi connectivity index (χ0) is 7.11. The summed E-state index contributed by atoms with van der Waals surface area (Å²) in [4.78, 5) is 0. The Hall–Kier alpha value is -0.580. The second-order valence-corrected chi connectivity index (χ2v) is 3.01. The van der Waals surface area contributed by atoms with E-state index in [4.69, 9.17) is 17.1 Å². The van der Waals surface area contributed by atoms with Crippen molar-refractivity contribution >= 4 is 27.9 Å². The van der Waals surface area contributed by atoms with E-state index in [-0.39, 0.29) is 4.38 Å². The van der Waals surface area contributed by atoms with Crippen molar-refractivity contribution in [3.8, 4) is 17.7 Å². The molecule has 9 heavy (non-hydrogen) atoms. The second-order valence-electron chi connectivity index (χ2n) is 0.974. The maximum absolute atomic E-state index is 8.04. The SMILES string of the molecule is C#CCSC(=N)SC#N. The van der Waals surface area contributed by atoms with Gasteiger partial charge in [-0.25, -0.2) is 0 Å². The van der Waals surface area contributed by atoms with Gasteiger partial charge in [-0.15, -0.1) is 6.42 Å². The first-order valence-electron chi connectivity index (χ1n) is 2.02. The molecule has 0 aromatic heterocycles. The average molecular weight is 156 g/mol. The molecule has 2 nitrogen and oxygen atoms in total. The predicted octanol–water partition coefficient (Wildman–Crippen LogP) is 1.50. The minimum absolute atomic E-state index is 0.260. The fourth-order valence-electron chi connectivity index (χ4n) is 0.178. The normalized spacial score (nSPS) is 7.33. The highest BCUT2D eigenvalue weighted by molar-refractivity contribution is 8.40. The topological polar surface area (TPSA) is 47.6 Å². The fourth-order valence-corrected chi connectivity index (χ4v) is 1.000. The maximum atomic E-state index is 8.04. The molecular weight excluding hydrogens is 152 g/mol. The van der Waals surface area contributed by atoms with Gasteiger partial charge in [0.2, 0.25) is 0 Å². The summed E-state index contributed by atoms with van der Waals surface area (Å²) >= 11 is 2.02. The van der Waals surface area contributed by atoms with Crippen molar-refractivity contribution in [2.24, 2.45) is 0 Å². The van der Waals surface area contributed by atoms with Gasteiger partial charge >= 0.3 is 0 Å². The molecule has 4 heteroatoms. The van der Waals surface area contributed by atoms with E-state index < -0.39 is 0 Å². The standard InChI is InChI=1S/C5H4N2S2/c1-2-3-8-5(7)9-4-6/h1,7H,3H2. The van der Waals surface area contributed by atoms with Crippen LogP contribution in [0.1, 0.15) is 0 Å². The molecule has 0 fully saturated rings. The number of terminal acetylenes is 1. The summed E-state index contributed by atoms with van der Waals surface area (Å²) in [5, 5.41) is 16.8. The summed E-state index contributed by atoms with van der Waals surface area (Å²) in [6, 6.07) is 0. The Balaban J connectivity index is 3.33. The molecule has 0 saturated heterocycles. The predicted molar refractivity (Wildman–Crippen MR) is 42.2 cm³/mol. The van der Waals surface area contributed by atoms with Crippen LogP contribution in [-0.2, 0) is 0 Å². The molecule has 0 saturated carbocycles. The quantitative estimate of drug-likeness (QED) is 0.271. The summed E-state index contributed by atoms with van der Waals surface area (Å²) in [5.41, 5.74) is 0. The van der Waals surface area contributed by atoms with E-state index in [0.717, 1.165) is 11.8 Å². The van der Waals surface area contributed by atoms with E-state index in [2.05, 4.69) is 5.92 Å². The monoisotopic (exact) mass is 156 g/mol. The number of rotatable bonds is 1. The molecule has 0 bridgehead atoms. The summed E-state index contributed by atoms with van der Waals surface area (Å²) in [6.45, 7) is 0. The van der Waals surface area contributed by atoms with Gasteiger partial charge in [0.15, 0.2) is 0 Å². The molecule has 0 unspecified atom stereocenters. The molecule has 0 heterocycles. The van der Waals surface area contributed by atoms with E-state index in [1.54, 1.807) is 5.40 Å². The van der Waals surface area contributed by atoms with Gasteiger partial charge in [-0.2, -0.15) is 5.26 Å². The molecule has 0 aliphatic heterocycles. The minimum Gasteiger partial charge on any atom is -0.287 e. The molecule has 0 atom stereocenters. The zero-order valence-electron chi connectivity index (χ0n) is 4.55. The van der Waals surface area contributed by atoms with Gasteiger partial charge in [0.05, 0.1) is 5.75 Å². The van der Waals surface area contributed by atoms with Gasteiger partial charge in [0.25, 0.3) is 0 Å². The van der Waals surface area contributed by atoms with Crippen molar-refractivity contribution in [2.75, 3.05) is 5.75 Å². The van der Waals surface area contributed by atoms with Crippen LogP contribution in [0.15, 0.2) is 0 Å². The average Bonchev–Trinajstić information content (AvgIpc) is 1.85. The van der Waals surface area contributed by atoms with Crippen LogP contribution in [-0.4, -0.2) is 10.1 Å². The number of hydrogen-bond acceptors (Lipinski definition) is 4. The van der Waals surface area contributed by atoms with Crippen LogP contribution in [0, 0.1) is 28.4 Å². The lowest BCUT2D eigenvalue weighted by Gasteiger charge is -1.88. The third-order valence-corrected chi connectivity index (χ3v) is 1.88. The van der Waals surface area contributed by atoms with E-state index in [1.807, 2.05) is 0 Å². The molecule has 0 amide bonds. The number of nitrogens with zero attached hydrogens (tertiary/aromatic N) is 1. The van der Waals surface area contributed by atoms with Crippen molar-refractivity contribution in [1.29, 1.82) is 10.7 Å². The van der Waals surface area contributed by atoms with Crippen molar-refractivity contribution in [2.45, 2.75) is 0 Å². The number of nitriles is 1. The second kappa shape index (κ2) is 5.55. The van der Waals surface area contributed by atoms with Crippen LogP contribution in [0.2, 0.25) is 0 Å². The van der Waals surface area contributed by atoms with Crippen molar-refractivity contribution in [3.05, 3.63) is 0 Å². The Morgan fingerprint density at radius 3 is 2.89 bits per heavy atom. The van der Waals surface area contributed by atoms with E-state index in [0.29, 0.717) is 5.75 Å². The summed E-state index contributed by atoms with van der Waals surface area (Å²) < 4.78 is 0.260. The molecular formula is C5H4N2S2. The molecule has 1 N–H and O–H groups in total. The number of thiocyanates is 1. The Bertz CT molecular complexity index is 174. The van der Waals surface area contributed by atoms with Gasteiger partial charge in [-0.3, -0.25) is 5.41 Å². The lowest BCUT2D eigenvalue weighted by molar-refractivity contribution is 1.57. The molecule has 0 radical (unpaired) electrons. The first kappa shape index (κ1) is 8.42. The highest BCUT2D eigenvalue weighted by Gasteiger charge is 1.93. The Morgan fingerprint density at radius 1 is 1.78 bits per heavy atom.